The standard InChI is InChI=1S/C15H21N5O/c1-12-9-14(21-11-13-10-19(2)18-17-13)3-4-15(12)20-7-5-16-6-8-20/h3-4,9-10,16H,5-8,11H2,1-2H3. The van der Waals surface area contributed by atoms with Crippen molar-refractivity contribution in [3.8, 4) is 5.75 Å². The minimum absolute atomic E-state index is 0.445. The molecule has 6 nitrogen and oxygen atoms in total. The number of anilines is 1. The lowest BCUT2D eigenvalue weighted by Crippen LogP contribution is -2.43. The molecule has 0 spiro atoms. The molecule has 21 heavy (non-hydrogen) atoms. The number of ether oxygens (including phenoxy) is 1. The molecule has 112 valence electrons. The van der Waals surface area contributed by atoms with Crippen LogP contribution < -0.4 is 15.0 Å². The molecule has 0 atom stereocenters. The lowest BCUT2D eigenvalue weighted by molar-refractivity contribution is 0.301. The molecule has 3 rings (SSSR count). The third-order valence-corrected chi connectivity index (χ3v) is 3.66. The molecular formula is C15H21N5O. The van der Waals surface area contributed by atoms with Crippen LogP contribution in [0.5, 0.6) is 5.75 Å². The minimum atomic E-state index is 0.445. The third-order valence-electron chi connectivity index (χ3n) is 3.66. The average molecular weight is 287 g/mol. The predicted octanol–water partition coefficient (Wildman–Crippen LogP) is 1.11. The molecule has 0 saturated carbocycles. The van der Waals surface area contributed by atoms with Crippen LogP contribution in [0.15, 0.2) is 24.4 Å². The van der Waals surface area contributed by atoms with Crippen LogP contribution in [0.25, 0.3) is 0 Å². The summed E-state index contributed by atoms with van der Waals surface area (Å²) in [6, 6.07) is 6.27. The van der Waals surface area contributed by atoms with Crippen molar-refractivity contribution < 1.29 is 4.74 Å². The Labute approximate surface area is 124 Å². The van der Waals surface area contributed by atoms with Gasteiger partial charge in [-0.15, -0.1) is 5.10 Å². The molecular weight excluding hydrogens is 266 g/mol. The van der Waals surface area contributed by atoms with Crippen LogP contribution in [0.4, 0.5) is 5.69 Å². The van der Waals surface area contributed by atoms with Crippen molar-refractivity contribution in [1.82, 2.24) is 20.3 Å². The van der Waals surface area contributed by atoms with Crippen LogP contribution in [0, 0.1) is 6.92 Å². The third kappa shape index (κ3) is 3.33. The summed E-state index contributed by atoms with van der Waals surface area (Å²) >= 11 is 0. The number of piperazine rings is 1. The van der Waals surface area contributed by atoms with E-state index in [2.05, 4.69) is 39.6 Å². The minimum Gasteiger partial charge on any atom is -0.487 e. The van der Waals surface area contributed by atoms with E-state index in [-0.39, 0.29) is 0 Å². The molecule has 0 bridgehead atoms. The first kappa shape index (κ1) is 13.9. The van der Waals surface area contributed by atoms with Crippen LogP contribution in [0.2, 0.25) is 0 Å². The van der Waals surface area contributed by atoms with Gasteiger partial charge in [-0.3, -0.25) is 4.68 Å². The molecule has 1 aromatic heterocycles. The van der Waals surface area contributed by atoms with Gasteiger partial charge in [0.25, 0.3) is 0 Å². The maximum absolute atomic E-state index is 5.78. The Morgan fingerprint density at radius 3 is 2.76 bits per heavy atom. The molecule has 1 aliphatic heterocycles. The lowest BCUT2D eigenvalue weighted by Gasteiger charge is -2.30. The number of rotatable bonds is 4. The largest absolute Gasteiger partial charge is 0.487 e. The van der Waals surface area contributed by atoms with E-state index >= 15 is 0 Å². The number of nitrogens with zero attached hydrogens (tertiary/aromatic N) is 4. The summed E-state index contributed by atoms with van der Waals surface area (Å²) in [6.45, 7) is 6.78. The summed E-state index contributed by atoms with van der Waals surface area (Å²) in [6.07, 6.45) is 1.86. The van der Waals surface area contributed by atoms with Crippen molar-refractivity contribution in [2.45, 2.75) is 13.5 Å². The smallest absolute Gasteiger partial charge is 0.134 e. The Bertz CT molecular complexity index is 604. The summed E-state index contributed by atoms with van der Waals surface area (Å²) in [5, 5.41) is 11.3. The second-order valence-electron chi connectivity index (χ2n) is 5.36. The van der Waals surface area contributed by atoms with Crippen LogP contribution in [0.1, 0.15) is 11.3 Å². The molecule has 0 aliphatic carbocycles. The van der Waals surface area contributed by atoms with Gasteiger partial charge in [-0.25, -0.2) is 0 Å². The Kier molecular flexibility index (Phi) is 4.06. The van der Waals surface area contributed by atoms with Gasteiger partial charge in [0.2, 0.25) is 0 Å². The van der Waals surface area contributed by atoms with Gasteiger partial charge in [0.15, 0.2) is 0 Å². The van der Waals surface area contributed by atoms with Crippen molar-refractivity contribution in [2.24, 2.45) is 7.05 Å². The van der Waals surface area contributed by atoms with Gasteiger partial charge >= 0.3 is 0 Å². The lowest BCUT2D eigenvalue weighted by atomic mass is 10.1. The van der Waals surface area contributed by atoms with Gasteiger partial charge in [0.1, 0.15) is 18.1 Å². The molecule has 1 N–H and O–H groups in total. The molecule has 2 aromatic rings. The maximum Gasteiger partial charge on any atom is 0.134 e. The number of aryl methyl sites for hydroxylation is 2. The van der Waals surface area contributed by atoms with Gasteiger partial charge in [-0.05, 0) is 30.7 Å². The van der Waals surface area contributed by atoms with Crippen molar-refractivity contribution >= 4 is 5.69 Å². The summed E-state index contributed by atoms with van der Waals surface area (Å²) in [5.41, 5.74) is 3.37. The second kappa shape index (κ2) is 6.13. The highest BCUT2D eigenvalue weighted by molar-refractivity contribution is 5.56. The Morgan fingerprint density at radius 2 is 2.10 bits per heavy atom. The fourth-order valence-corrected chi connectivity index (χ4v) is 2.60. The highest BCUT2D eigenvalue weighted by Crippen LogP contribution is 2.25. The molecule has 6 heteroatoms. The molecule has 1 aromatic carbocycles. The SMILES string of the molecule is Cc1cc(OCc2cn(C)nn2)ccc1N1CCNCC1. The fraction of sp³-hybridized carbons (Fsp3) is 0.467. The van der Waals surface area contributed by atoms with Crippen LogP contribution in [-0.2, 0) is 13.7 Å². The van der Waals surface area contributed by atoms with Gasteiger partial charge in [-0.2, -0.15) is 0 Å². The van der Waals surface area contributed by atoms with E-state index in [1.807, 2.05) is 19.3 Å². The van der Waals surface area contributed by atoms with Gasteiger partial charge in [-0.1, -0.05) is 5.21 Å². The van der Waals surface area contributed by atoms with E-state index in [4.69, 9.17) is 4.74 Å². The highest BCUT2D eigenvalue weighted by atomic mass is 16.5. The molecule has 1 fully saturated rings. The summed E-state index contributed by atoms with van der Waals surface area (Å²) in [5.74, 6) is 0.872. The first-order valence-electron chi connectivity index (χ1n) is 7.27. The van der Waals surface area contributed by atoms with Crippen LogP contribution >= 0.6 is 0 Å². The maximum atomic E-state index is 5.78. The van der Waals surface area contributed by atoms with Gasteiger partial charge in [0.05, 0.1) is 6.20 Å². The van der Waals surface area contributed by atoms with Crippen molar-refractivity contribution in [1.29, 1.82) is 0 Å². The van der Waals surface area contributed by atoms with E-state index in [0.717, 1.165) is 37.6 Å². The molecule has 1 saturated heterocycles. The molecule has 0 amide bonds. The van der Waals surface area contributed by atoms with E-state index in [1.165, 1.54) is 11.3 Å². The van der Waals surface area contributed by atoms with Crippen molar-refractivity contribution in [3.05, 3.63) is 35.7 Å². The van der Waals surface area contributed by atoms with E-state index in [0.29, 0.717) is 6.61 Å². The summed E-state index contributed by atoms with van der Waals surface area (Å²) < 4.78 is 7.46. The molecule has 0 radical (unpaired) electrons. The Morgan fingerprint density at radius 1 is 1.29 bits per heavy atom. The number of hydrogen-bond donors (Lipinski definition) is 1. The predicted molar refractivity (Wildman–Crippen MR) is 81.6 cm³/mol. The number of aromatic nitrogens is 3. The molecule has 2 heterocycles. The second-order valence-corrected chi connectivity index (χ2v) is 5.36. The normalized spacial score (nSPS) is 15.2. The quantitative estimate of drug-likeness (QED) is 0.913. The average Bonchev–Trinajstić information content (AvgIpc) is 2.92. The zero-order valence-electron chi connectivity index (χ0n) is 12.5. The molecule has 0 unspecified atom stereocenters. The van der Waals surface area contributed by atoms with Crippen LogP contribution in [-0.4, -0.2) is 41.2 Å². The number of hydrogen-bond acceptors (Lipinski definition) is 5. The van der Waals surface area contributed by atoms with E-state index < -0.39 is 0 Å². The topological polar surface area (TPSA) is 55.2 Å². The monoisotopic (exact) mass is 287 g/mol. The van der Waals surface area contributed by atoms with E-state index in [9.17, 15) is 0 Å². The Balaban J connectivity index is 1.65. The van der Waals surface area contributed by atoms with Gasteiger partial charge in [0, 0.05) is 38.9 Å². The van der Waals surface area contributed by atoms with E-state index in [1.54, 1.807) is 4.68 Å². The van der Waals surface area contributed by atoms with Crippen molar-refractivity contribution in [3.63, 3.8) is 0 Å². The first-order valence-corrected chi connectivity index (χ1v) is 7.27. The van der Waals surface area contributed by atoms with Crippen molar-refractivity contribution in [2.75, 3.05) is 31.1 Å². The Hall–Kier alpha value is -2.08. The fourth-order valence-electron chi connectivity index (χ4n) is 2.60. The summed E-state index contributed by atoms with van der Waals surface area (Å²) in [7, 11) is 1.85. The zero-order valence-corrected chi connectivity index (χ0v) is 12.5. The number of nitrogens with one attached hydrogen (secondary N) is 1. The first-order chi connectivity index (χ1) is 10.2. The molecule has 1 aliphatic rings. The summed E-state index contributed by atoms with van der Waals surface area (Å²) in [4.78, 5) is 2.41. The zero-order chi connectivity index (χ0) is 14.7. The highest BCUT2D eigenvalue weighted by Gasteiger charge is 2.13. The number of benzene rings is 1. The van der Waals surface area contributed by atoms with Gasteiger partial charge < -0.3 is 15.0 Å². The van der Waals surface area contributed by atoms with Crippen LogP contribution in [0.3, 0.4) is 0 Å².